The van der Waals surface area contributed by atoms with E-state index in [1.807, 2.05) is 0 Å². The molecule has 5 rings (SSSR count). The average molecular weight is 282 g/mol. The van der Waals surface area contributed by atoms with Gasteiger partial charge in [-0.2, -0.15) is 9.37 Å². The van der Waals surface area contributed by atoms with Crippen molar-refractivity contribution in [2.24, 2.45) is 17.8 Å². The summed E-state index contributed by atoms with van der Waals surface area (Å²) in [5, 5.41) is 3.13. The molecule has 20 heavy (non-hydrogen) atoms. The summed E-state index contributed by atoms with van der Waals surface area (Å²) in [5.41, 5.74) is -0.160. The first kappa shape index (κ1) is 12.5. The van der Waals surface area contributed by atoms with Crippen molar-refractivity contribution in [1.82, 2.24) is 4.98 Å². The predicted octanol–water partition coefficient (Wildman–Crippen LogP) is 3.88. The van der Waals surface area contributed by atoms with Gasteiger partial charge >= 0.3 is 0 Å². The second-order valence-corrected chi connectivity index (χ2v) is 6.91. The summed E-state index contributed by atoms with van der Waals surface area (Å²) in [5.74, 6) is -1.32. The van der Waals surface area contributed by atoms with E-state index in [1.54, 1.807) is 0 Å². The molecule has 4 aliphatic carbocycles. The maximum Gasteiger partial charge on any atom is 0.251 e. The summed E-state index contributed by atoms with van der Waals surface area (Å²) in [6, 6.07) is 0.575. The zero-order valence-corrected chi connectivity index (χ0v) is 11.1. The third kappa shape index (κ3) is 1.90. The summed E-state index contributed by atoms with van der Waals surface area (Å²) in [6.45, 7) is 0. The number of halogens is 3. The molecule has 4 aliphatic rings. The lowest BCUT2D eigenvalue weighted by Gasteiger charge is -2.57. The molecule has 4 fully saturated rings. The fourth-order valence-corrected chi connectivity index (χ4v) is 5.05. The summed E-state index contributed by atoms with van der Waals surface area (Å²) in [7, 11) is 0. The molecule has 4 saturated carbocycles. The van der Waals surface area contributed by atoms with Gasteiger partial charge in [-0.05, 0) is 56.3 Å². The molecule has 0 aliphatic heterocycles. The van der Waals surface area contributed by atoms with Gasteiger partial charge in [0.25, 0.3) is 5.95 Å². The van der Waals surface area contributed by atoms with Gasteiger partial charge in [-0.3, -0.25) is 0 Å². The highest BCUT2D eigenvalue weighted by molar-refractivity contribution is 5.40. The van der Waals surface area contributed by atoms with Gasteiger partial charge in [0.15, 0.2) is 17.5 Å². The molecule has 2 nitrogen and oxygen atoms in total. The molecular formula is C15H17F3N2. The van der Waals surface area contributed by atoms with Gasteiger partial charge in [0.1, 0.15) is 0 Å². The minimum Gasteiger partial charge on any atom is -0.362 e. The van der Waals surface area contributed by atoms with Gasteiger partial charge in [-0.25, -0.2) is 8.78 Å². The Hall–Kier alpha value is -1.26. The molecular weight excluding hydrogens is 265 g/mol. The number of anilines is 1. The first-order chi connectivity index (χ1) is 9.53. The van der Waals surface area contributed by atoms with Crippen molar-refractivity contribution in [2.45, 2.75) is 44.1 Å². The van der Waals surface area contributed by atoms with Crippen molar-refractivity contribution in [3.05, 3.63) is 23.6 Å². The highest BCUT2D eigenvalue weighted by atomic mass is 19.2. The summed E-state index contributed by atoms with van der Waals surface area (Å²) < 4.78 is 40.0. The molecule has 1 aromatic heterocycles. The van der Waals surface area contributed by atoms with Crippen LogP contribution >= 0.6 is 0 Å². The first-order valence-corrected chi connectivity index (χ1v) is 7.33. The van der Waals surface area contributed by atoms with E-state index in [1.165, 1.54) is 19.3 Å². The van der Waals surface area contributed by atoms with Gasteiger partial charge in [-0.1, -0.05) is 0 Å². The molecule has 108 valence electrons. The van der Waals surface area contributed by atoms with Crippen molar-refractivity contribution >= 4 is 5.82 Å². The van der Waals surface area contributed by atoms with E-state index >= 15 is 0 Å². The molecule has 0 radical (unpaired) electrons. The van der Waals surface area contributed by atoms with E-state index in [4.69, 9.17) is 0 Å². The lowest BCUT2D eigenvalue weighted by Crippen LogP contribution is -2.55. The van der Waals surface area contributed by atoms with Crippen LogP contribution in [0.25, 0.3) is 0 Å². The normalized spacial score (nSPS) is 38.2. The van der Waals surface area contributed by atoms with Gasteiger partial charge in [-0.15, -0.1) is 0 Å². The van der Waals surface area contributed by atoms with Crippen LogP contribution in [-0.4, -0.2) is 10.5 Å². The molecule has 0 atom stereocenters. The van der Waals surface area contributed by atoms with E-state index in [0.29, 0.717) is 23.8 Å². The lowest BCUT2D eigenvalue weighted by atomic mass is 9.53. The number of pyridine rings is 1. The highest BCUT2D eigenvalue weighted by Gasteiger charge is 2.51. The zero-order valence-electron chi connectivity index (χ0n) is 11.1. The molecule has 5 heteroatoms. The van der Waals surface area contributed by atoms with Crippen LogP contribution in [0.2, 0.25) is 0 Å². The Kier molecular flexibility index (Phi) is 2.57. The second-order valence-electron chi connectivity index (χ2n) is 6.91. The Morgan fingerprint density at radius 2 is 1.50 bits per heavy atom. The van der Waals surface area contributed by atoms with Crippen LogP contribution < -0.4 is 5.32 Å². The smallest absolute Gasteiger partial charge is 0.251 e. The number of nitrogens with zero attached hydrogens (tertiary/aromatic N) is 1. The molecule has 0 aromatic carbocycles. The Morgan fingerprint density at radius 1 is 0.950 bits per heavy atom. The van der Waals surface area contributed by atoms with Crippen LogP contribution in [-0.2, 0) is 0 Å². The number of rotatable bonds is 2. The zero-order chi connectivity index (χ0) is 13.9. The fraction of sp³-hybridized carbons (Fsp3) is 0.667. The average Bonchev–Trinajstić information content (AvgIpc) is 2.34. The molecule has 0 unspecified atom stereocenters. The van der Waals surface area contributed by atoms with E-state index < -0.39 is 17.6 Å². The summed E-state index contributed by atoms with van der Waals surface area (Å²) in [4.78, 5) is 3.42. The second kappa shape index (κ2) is 4.12. The molecule has 0 spiro atoms. The van der Waals surface area contributed by atoms with Crippen LogP contribution in [0.3, 0.4) is 0 Å². The predicted molar refractivity (Wildman–Crippen MR) is 68.6 cm³/mol. The van der Waals surface area contributed by atoms with Crippen molar-refractivity contribution in [1.29, 1.82) is 0 Å². The molecule has 1 heterocycles. The third-order valence-electron chi connectivity index (χ3n) is 5.31. The maximum atomic E-state index is 13.8. The number of nitrogens with one attached hydrogen (secondary N) is 1. The summed E-state index contributed by atoms with van der Waals surface area (Å²) in [6.07, 6.45) is 6.81. The van der Waals surface area contributed by atoms with Crippen molar-refractivity contribution in [2.75, 3.05) is 5.32 Å². The van der Waals surface area contributed by atoms with Gasteiger partial charge < -0.3 is 5.32 Å². The highest BCUT2D eigenvalue weighted by Crippen LogP contribution is 2.56. The van der Waals surface area contributed by atoms with Crippen LogP contribution in [0.5, 0.6) is 0 Å². The SMILES string of the molecule is Fc1cc(F)c(NC23CC4CC(CC(C4)C2)C3)nc1F. The number of hydrogen-bond acceptors (Lipinski definition) is 2. The fourth-order valence-electron chi connectivity index (χ4n) is 5.05. The standard InChI is InChI=1S/C15H17F3N2/c16-11-4-12(17)14(19-13(11)18)20-15-5-8-1-9(6-15)3-10(2-8)7-15/h4,8-10H,1-3,5-7H2,(H,19,20). The Balaban J connectivity index is 1.64. The van der Waals surface area contributed by atoms with E-state index in [0.717, 1.165) is 19.3 Å². The van der Waals surface area contributed by atoms with Crippen molar-refractivity contribution in [3.63, 3.8) is 0 Å². The Morgan fingerprint density at radius 3 is 2.05 bits per heavy atom. The molecule has 0 saturated heterocycles. The van der Waals surface area contributed by atoms with E-state index in [-0.39, 0.29) is 11.4 Å². The van der Waals surface area contributed by atoms with Crippen LogP contribution in [0.1, 0.15) is 38.5 Å². The van der Waals surface area contributed by atoms with Crippen LogP contribution in [0, 0.1) is 35.3 Å². The van der Waals surface area contributed by atoms with Crippen molar-refractivity contribution < 1.29 is 13.2 Å². The largest absolute Gasteiger partial charge is 0.362 e. The maximum absolute atomic E-state index is 13.8. The minimum atomic E-state index is -1.24. The third-order valence-corrected chi connectivity index (χ3v) is 5.31. The van der Waals surface area contributed by atoms with Crippen LogP contribution in [0.4, 0.5) is 19.0 Å². The minimum absolute atomic E-state index is 0.133. The van der Waals surface area contributed by atoms with Crippen LogP contribution in [0.15, 0.2) is 6.07 Å². The van der Waals surface area contributed by atoms with Crippen molar-refractivity contribution in [3.8, 4) is 0 Å². The topological polar surface area (TPSA) is 24.9 Å². The quantitative estimate of drug-likeness (QED) is 0.833. The lowest BCUT2D eigenvalue weighted by molar-refractivity contribution is 0.0103. The monoisotopic (exact) mass is 282 g/mol. The molecule has 1 aromatic rings. The summed E-state index contributed by atoms with van der Waals surface area (Å²) >= 11 is 0. The number of aromatic nitrogens is 1. The number of hydrogen-bond donors (Lipinski definition) is 1. The first-order valence-electron chi connectivity index (χ1n) is 7.33. The Bertz CT molecular complexity index is 523. The van der Waals surface area contributed by atoms with E-state index in [9.17, 15) is 13.2 Å². The molecule has 4 bridgehead atoms. The molecule has 0 amide bonds. The Labute approximate surface area is 115 Å². The van der Waals surface area contributed by atoms with Gasteiger partial charge in [0.2, 0.25) is 0 Å². The van der Waals surface area contributed by atoms with Gasteiger partial charge in [0.05, 0.1) is 0 Å². The van der Waals surface area contributed by atoms with E-state index in [2.05, 4.69) is 10.3 Å². The van der Waals surface area contributed by atoms with Gasteiger partial charge in [0, 0.05) is 11.6 Å². The molecule has 1 N–H and O–H groups in total.